The van der Waals surface area contributed by atoms with Crippen molar-refractivity contribution in [2.75, 3.05) is 6.54 Å². The number of rotatable bonds is 5. The van der Waals surface area contributed by atoms with Gasteiger partial charge in [0.1, 0.15) is 5.76 Å². The highest BCUT2D eigenvalue weighted by atomic mass is 16.6. The van der Waals surface area contributed by atoms with Gasteiger partial charge in [-0.2, -0.15) is 0 Å². The summed E-state index contributed by atoms with van der Waals surface area (Å²) in [6, 6.07) is 10.3. The van der Waals surface area contributed by atoms with Crippen molar-refractivity contribution in [3.63, 3.8) is 0 Å². The lowest BCUT2D eigenvalue weighted by atomic mass is 9.78. The molecule has 1 heterocycles. The number of non-ortho nitro benzene ring substituents is 1. The highest BCUT2D eigenvalue weighted by Gasteiger charge is 2.28. The molecule has 0 amide bonds. The Hall–Kier alpha value is -2.14. The van der Waals surface area contributed by atoms with Gasteiger partial charge in [-0.25, -0.2) is 0 Å². The summed E-state index contributed by atoms with van der Waals surface area (Å²) in [6.07, 6.45) is 2.22. The van der Waals surface area contributed by atoms with Crippen molar-refractivity contribution >= 4 is 5.69 Å². The first-order valence-corrected chi connectivity index (χ1v) is 6.02. The molecule has 2 rings (SSSR count). The summed E-state index contributed by atoms with van der Waals surface area (Å²) in [5.74, 6) is 0.819. The average molecular weight is 260 g/mol. The Morgan fingerprint density at radius 1 is 1.37 bits per heavy atom. The molecule has 5 nitrogen and oxygen atoms in total. The van der Waals surface area contributed by atoms with E-state index in [1.807, 2.05) is 25.1 Å². The van der Waals surface area contributed by atoms with E-state index < -0.39 is 4.92 Å². The molecule has 2 aromatic rings. The van der Waals surface area contributed by atoms with Gasteiger partial charge in [-0.15, -0.1) is 0 Å². The molecule has 100 valence electrons. The van der Waals surface area contributed by atoms with Crippen molar-refractivity contribution in [2.24, 2.45) is 5.73 Å². The molecule has 1 unspecified atom stereocenters. The highest BCUT2D eigenvalue weighted by Crippen LogP contribution is 2.29. The monoisotopic (exact) mass is 260 g/mol. The maximum atomic E-state index is 10.8. The molecule has 1 aromatic heterocycles. The Morgan fingerprint density at radius 2 is 2.16 bits per heavy atom. The molecule has 5 heteroatoms. The van der Waals surface area contributed by atoms with Crippen LogP contribution in [0.4, 0.5) is 5.69 Å². The van der Waals surface area contributed by atoms with E-state index >= 15 is 0 Å². The zero-order chi connectivity index (χ0) is 13.9. The second-order valence-electron chi connectivity index (χ2n) is 4.83. The van der Waals surface area contributed by atoms with Crippen LogP contribution in [0, 0.1) is 10.1 Å². The van der Waals surface area contributed by atoms with Crippen molar-refractivity contribution in [3.8, 4) is 0 Å². The third-order valence-corrected chi connectivity index (χ3v) is 3.35. The Morgan fingerprint density at radius 3 is 2.74 bits per heavy atom. The number of nitro benzene ring substituents is 1. The summed E-state index contributed by atoms with van der Waals surface area (Å²) in [5, 5.41) is 10.8. The molecule has 2 N–H and O–H groups in total. The molecular weight excluding hydrogens is 244 g/mol. The Kier molecular flexibility index (Phi) is 3.66. The minimum atomic E-state index is -0.396. The minimum Gasteiger partial charge on any atom is -0.469 e. The van der Waals surface area contributed by atoms with Crippen molar-refractivity contribution in [2.45, 2.75) is 18.8 Å². The van der Waals surface area contributed by atoms with E-state index in [0.29, 0.717) is 13.0 Å². The van der Waals surface area contributed by atoms with E-state index in [4.69, 9.17) is 10.2 Å². The van der Waals surface area contributed by atoms with Crippen LogP contribution in [0.5, 0.6) is 0 Å². The third-order valence-electron chi connectivity index (χ3n) is 3.35. The van der Waals surface area contributed by atoms with Crippen LogP contribution in [0.15, 0.2) is 47.1 Å². The number of benzene rings is 1. The number of hydrogen-bond donors (Lipinski definition) is 1. The summed E-state index contributed by atoms with van der Waals surface area (Å²) in [5.41, 5.74) is 6.41. The molecule has 19 heavy (non-hydrogen) atoms. The van der Waals surface area contributed by atoms with Gasteiger partial charge in [-0.05, 0) is 17.7 Å². The van der Waals surface area contributed by atoms with Gasteiger partial charge >= 0.3 is 0 Å². The van der Waals surface area contributed by atoms with Gasteiger partial charge in [0.2, 0.25) is 0 Å². The lowest BCUT2D eigenvalue weighted by Gasteiger charge is -2.27. The highest BCUT2D eigenvalue weighted by molar-refractivity contribution is 5.39. The fourth-order valence-electron chi connectivity index (χ4n) is 2.08. The molecule has 0 fully saturated rings. The molecule has 0 aliphatic heterocycles. The smallest absolute Gasteiger partial charge is 0.269 e. The van der Waals surface area contributed by atoms with Crippen LogP contribution in [0.1, 0.15) is 18.2 Å². The Labute approximate surface area is 111 Å². The van der Waals surface area contributed by atoms with E-state index in [1.165, 1.54) is 6.07 Å². The molecule has 0 saturated heterocycles. The SMILES string of the molecule is CC(CN)(Cc1ccco1)c1cccc([N+](=O)[O-])c1. The first kappa shape index (κ1) is 13.3. The minimum absolute atomic E-state index is 0.0802. The first-order valence-electron chi connectivity index (χ1n) is 6.02. The lowest BCUT2D eigenvalue weighted by molar-refractivity contribution is -0.385. The molecule has 0 radical (unpaired) electrons. The van der Waals surface area contributed by atoms with Crippen LogP contribution in [-0.4, -0.2) is 11.5 Å². The zero-order valence-electron chi connectivity index (χ0n) is 10.7. The number of nitrogens with zero attached hydrogens (tertiary/aromatic N) is 1. The summed E-state index contributed by atoms with van der Waals surface area (Å²) in [7, 11) is 0. The average Bonchev–Trinajstić information content (AvgIpc) is 2.91. The Bertz CT molecular complexity index is 566. The van der Waals surface area contributed by atoms with E-state index in [1.54, 1.807) is 18.4 Å². The second-order valence-corrected chi connectivity index (χ2v) is 4.83. The summed E-state index contributed by atoms with van der Waals surface area (Å²) in [6.45, 7) is 2.36. The van der Waals surface area contributed by atoms with Crippen LogP contribution < -0.4 is 5.73 Å². The molecule has 0 saturated carbocycles. The molecule has 0 aliphatic carbocycles. The molecule has 0 bridgehead atoms. The lowest BCUT2D eigenvalue weighted by Crippen LogP contribution is -2.34. The number of nitrogens with two attached hydrogens (primary N) is 1. The maximum Gasteiger partial charge on any atom is 0.269 e. The van der Waals surface area contributed by atoms with E-state index in [-0.39, 0.29) is 11.1 Å². The van der Waals surface area contributed by atoms with Gasteiger partial charge in [-0.1, -0.05) is 19.1 Å². The van der Waals surface area contributed by atoms with Crippen LogP contribution >= 0.6 is 0 Å². The van der Waals surface area contributed by atoms with Gasteiger partial charge in [-0.3, -0.25) is 10.1 Å². The number of nitro groups is 1. The third kappa shape index (κ3) is 2.82. The Balaban J connectivity index is 2.34. The van der Waals surface area contributed by atoms with Crippen LogP contribution in [0.3, 0.4) is 0 Å². The summed E-state index contributed by atoms with van der Waals surface area (Å²) < 4.78 is 5.34. The topological polar surface area (TPSA) is 82.3 Å². The zero-order valence-corrected chi connectivity index (χ0v) is 10.7. The van der Waals surface area contributed by atoms with Crippen molar-refractivity contribution in [3.05, 3.63) is 64.1 Å². The molecule has 1 atom stereocenters. The normalized spacial score (nSPS) is 14.0. The van der Waals surface area contributed by atoms with E-state index in [2.05, 4.69) is 0 Å². The standard InChI is InChI=1S/C14H16N2O3/c1-14(10-15,9-13-6-3-7-19-13)11-4-2-5-12(8-11)16(17)18/h2-8H,9-10,15H2,1H3. The van der Waals surface area contributed by atoms with Crippen LogP contribution in [0.2, 0.25) is 0 Å². The largest absolute Gasteiger partial charge is 0.469 e. The predicted octanol–water partition coefficient (Wildman–Crippen LogP) is 2.65. The van der Waals surface area contributed by atoms with Crippen LogP contribution in [-0.2, 0) is 11.8 Å². The fourth-order valence-corrected chi connectivity index (χ4v) is 2.08. The molecule has 1 aromatic carbocycles. The van der Waals surface area contributed by atoms with E-state index in [0.717, 1.165) is 11.3 Å². The van der Waals surface area contributed by atoms with E-state index in [9.17, 15) is 10.1 Å². The number of furan rings is 1. The van der Waals surface area contributed by atoms with Crippen LogP contribution in [0.25, 0.3) is 0 Å². The first-order chi connectivity index (χ1) is 9.05. The number of hydrogen-bond acceptors (Lipinski definition) is 4. The van der Waals surface area contributed by atoms with Gasteiger partial charge < -0.3 is 10.2 Å². The molecule has 0 spiro atoms. The molecular formula is C14H16N2O3. The van der Waals surface area contributed by atoms with Crippen molar-refractivity contribution < 1.29 is 9.34 Å². The predicted molar refractivity (Wildman–Crippen MR) is 71.9 cm³/mol. The van der Waals surface area contributed by atoms with Gasteiger partial charge in [0.25, 0.3) is 5.69 Å². The maximum absolute atomic E-state index is 10.8. The molecule has 0 aliphatic rings. The summed E-state index contributed by atoms with van der Waals surface area (Å²) in [4.78, 5) is 10.4. The van der Waals surface area contributed by atoms with Crippen molar-refractivity contribution in [1.29, 1.82) is 0 Å². The van der Waals surface area contributed by atoms with Crippen molar-refractivity contribution in [1.82, 2.24) is 0 Å². The van der Waals surface area contributed by atoms with Gasteiger partial charge in [0, 0.05) is 30.5 Å². The fraction of sp³-hybridized carbons (Fsp3) is 0.286. The van der Waals surface area contributed by atoms with Gasteiger partial charge in [0.05, 0.1) is 11.2 Å². The quantitative estimate of drug-likeness (QED) is 0.661. The second kappa shape index (κ2) is 5.24. The van der Waals surface area contributed by atoms with Gasteiger partial charge in [0.15, 0.2) is 0 Å². The summed E-state index contributed by atoms with van der Waals surface area (Å²) >= 11 is 0.